The second-order valence-corrected chi connectivity index (χ2v) is 5.32. The second-order valence-electron chi connectivity index (χ2n) is 4.20. The molecule has 5 nitrogen and oxygen atoms in total. The van der Waals surface area contributed by atoms with Gasteiger partial charge in [0.2, 0.25) is 0 Å². The second kappa shape index (κ2) is 5.26. The maximum absolute atomic E-state index is 11.2. The van der Waals surface area contributed by atoms with E-state index in [9.17, 15) is 9.90 Å². The molecule has 0 spiro atoms. The van der Waals surface area contributed by atoms with E-state index in [1.54, 1.807) is 36.9 Å². The van der Waals surface area contributed by atoms with Crippen LogP contribution in [0.2, 0.25) is 0 Å². The van der Waals surface area contributed by atoms with Crippen molar-refractivity contribution >= 4 is 17.3 Å². The molecule has 0 bridgehead atoms. The number of thiazole rings is 1. The quantitative estimate of drug-likeness (QED) is 0.800. The standard InChI is InChI=1S/C14H11N3O2S/c18-14(19)11-4-2-1-3-10(11)12-7-16-13(20-12)8-17-6-5-15-9-17/h1-7,9H,8H2,(H,18,19). The lowest BCUT2D eigenvalue weighted by atomic mass is 10.1. The smallest absolute Gasteiger partial charge is 0.336 e. The molecule has 1 aromatic carbocycles. The molecule has 0 aliphatic carbocycles. The fraction of sp³-hybridized carbons (Fsp3) is 0.0714. The number of aromatic nitrogens is 3. The number of carboxylic acids is 1. The van der Waals surface area contributed by atoms with Gasteiger partial charge in [0, 0.05) is 24.2 Å². The van der Waals surface area contributed by atoms with Crippen LogP contribution in [0.3, 0.4) is 0 Å². The third kappa shape index (κ3) is 2.46. The largest absolute Gasteiger partial charge is 0.478 e. The summed E-state index contributed by atoms with van der Waals surface area (Å²) < 4.78 is 1.92. The van der Waals surface area contributed by atoms with E-state index in [0.29, 0.717) is 17.7 Å². The van der Waals surface area contributed by atoms with Crippen molar-refractivity contribution in [2.24, 2.45) is 0 Å². The molecule has 0 amide bonds. The van der Waals surface area contributed by atoms with Crippen LogP contribution < -0.4 is 0 Å². The van der Waals surface area contributed by atoms with Crippen molar-refractivity contribution in [1.29, 1.82) is 0 Å². The Hall–Kier alpha value is -2.47. The van der Waals surface area contributed by atoms with Gasteiger partial charge in [-0.15, -0.1) is 11.3 Å². The third-order valence-electron chi connectivity index (χ3n) is 2.85. The SMILES string of the molecule is O=C(O)c1ccccc1-c1cnc(Cn2ccnc2)s1. The predicted molar refractivity (Wildman–Crippen MR) is 75.8 cm³/mol. The van der Waals surface area contributed by atoms with Crippen molar-refractivity contribution in [2.75, 3.05) is 0 Å². The molecule has 2 heterocycles. The highest BCUT2D eigenvalue weighted by Gasteiger charge is 2.13. The molecule has 3 rings (SSSR count). The third-order valence-corrected chi connectivity index (χ3v) is 3.87. The number of carboxylic acid groups (broad SMARTS) is 1. The Kier molecular flexibility index (Phi) is 3.30. The van der Waals surface area contributed by atoms with Crippen molar-refractivity contribution in [1.82, 2.24) is 14.5 Å². The topological polar surface area (TPSA) is 68.0 Å². The number of aromatic carboxylic acids is 1. The summed E-state index contributed by atoms with van der Waals surface area (Å²) in [6.45, 7) is 0.639. The fourth-order valence-corrected chi connectivity index (χ4v) is 2.90. The highest BCUT2D eigenvalue weighted by atomic mass is 32.1. The first-order chi connectivity index (χ1) is 9.74. The molecule has 20 heavy (non-hydrogen) atoms. The van der Waals surface area contributed by atoms with Crippen molar-refractivity contribution in [3.8, 4) is 10.4 Å². The monoisotopic (exact) mass is 285 g/mol. The molecule has 6 heteroatoms. The van der Waals surface area contributed by atoms with Gasteiger partial charge in [0.15, 0.2) is 0 Å². The van der Waals surface area contributed by atoms with Crippen LogP contribution in [0, 0.1) is 0 Å². The summed E-state index contributed by atoms with van der Waals surface area (Å²) in [7, 11) is 0. The average molecular weight is 285 g/mol. The summed E-state index contributed by atoms with van der Waals surface area (Å²) in [5.74, 6) is -0.926. The summed E-state index contributed by atoms with van der Waals surface area (Å²) >= 11 is 1.49. The minimum atomic E-state index is -0.926. The van der Waals surface area contributed by atoms with Crippen LogP contribution in [0.1, 0.15) is 15.4 Å². The normalized spacial score (nSPS) is 10.6. The molecular formula is C14H11N3O2S. The first kappa shape index (κ1) is 12.6. The van der Waals surface area contributed by atoms with Gasteiger partial charge in [-0.3, -0.25) is 0 Å². The van der Waals surface area contributed by atoms with Gasteiger partial charge >= 0.3 is 5.97 Å². The number of hydrogen-bond acceptors (Lipinski definition) is 4. The van der Waals surface area contributed by atoms with Crippen molar-refractivity contribution < 1.29 is 9.90 Å². The molecule has 0 fully saturated rings. The van der Waals surface area contributed by atoms with Crippen LogP contribution in [-0.4, -0.2) is 25.6 Å². The van der Waals surface area contributed by atoms with Crippen LogP contribution in [0.15, 0.2) is 49.2 Å². The van der Waals surface area contributed by atoms with Gasteiger partial charge in [0.05, 0.1) is 23.3 Å². The van der Waals surface area contributed by atoms with Crippen LogP contribution in [0.5, 0.6) is 0 Å². The molecule has 3 aromatic rings. The van der Waals surface area contributed by atoms with Crippen LogP contribution >= 0.6 is 11.3 Å². The van der Waals surface area contributed by atoms with Gasteiger partial charge in [-0.25, -0.2) is 14.8 Å². The maximum atomic E-state index is 11.2. The highest BCUT2D eigenvalue weighted by Crippen LogP contribution is 2.29. The van der Waals surface area contributed by atoms with Crippen LogP contribution in [-0.2, 0) is 6.54 Å². The predicted octanol–water partition coefficient (Wildman–Crippen LogP) is 2.75. The number of imidazole rings is 1. The zero-order valence-electron chi connectivity index (χ0n) is 10.4. The summed E-state index contributed by atoms with van der Waals surface area (Å²) in [5.41, 5.74) is 1.000. The molecule has 0 saturated carbocycles. The van der Waals surface area contributed by atoms with Crippen LogP contribution in [0.25, 0.3) is 10.4 Å². The molecule has 0 saturated heterocycles. The Morgan fingerprint density at radius 2 is 2.20 bits per heavy atom. The molecule has 1 N–H and O–H groups in total. The minimum absolute atomic E-state index is 0.297. The lowest BCUT2D eigenvalue weighted by Crippen LogP contribution is -1.98. The molecule has 0 atom stereocenters. The first-order valence-corrected chi connectivity index (χ1v) is 6.79. The molecular weight excluding hydrogens is 274 g/mol. The van der Waals surface area contributed by atoms with Gasteiger partial charge in [0.25, 0.3) is 0 Å². The molecule has 100 valence electrons. The van der Waals surface area contributed by atoms with Crippen LogP contribution in [0.4, 0.5) is 0 Å². The van der Waals surface area contributed by atoms with Crippen molar-refractivity contribution in [3.05, 3.63) is 59.8 Å². The van der Waals surface area contributed by atoms with Gasteiger partial charge in [-0.1, -0.05) is 18.2 Å². The minimum Gasteiger partial charge on any atom is -0.478 e. The van der Waals surface area contributed by atoms with E-state index in [-0.39, 0.29) is 0 Å². The Labute approximate surface area is 119 Å². The van der Waals surface area contributed by atoms with E-state index in [1.807, 2.05) is 16.8 Å². The Morgan fingerprint density at radius 1 is 1.35 bits per heavy atom. The number of benzene rings is 1. The van der Waals surface area contributed by atoms with Gasteiger partial charge in [0.1, 0.15) is 5.01 Å². The molecule has 0 unspecified atom stereocenters. The Bertz CT molecular complexity index is 734. The molecule has 0 radical (unpaired) electrons. The van der Waals surface area contributed by atoms with E-state index >= 15 is 0 Å². The van der Waals surface area contributed by atoms with Crippen molar-refractivity contribution in [3.63, 3.8) is 0 Å². The zero-order chi connectivity index (χ0) is 13.9. The summed E-state index contributed by atoms with van der Waals surface area (Å²) in [6.07, 6.45) is 7.03. The Morgan fingerprint density at radius 3 is 2.95 bits per heavy atom. The van der Waals surface area contributed by atoms with E-state index < -0.39 is 5.97 Å². The summed E-state index contributed by atoms with van der Waals surface area (Å²) in [4.78, 5) is 20.4. The zero-order valence-corrected chi connectivity index (χ0v) is 11.2. The van der Waals surface area contributed by atoms with E-state index in [2.05, 4.69) is 9.97 Å². The van der Waals surface area contributed by atoms with Crippen molar-refractivity contribution in [2.45, 2.75) is 6.54 Å². The van der Waals surface area contributed by atoms with Gasteiger partial charge in [-0.2, -0.15) is 0 Å². The fourth-order valence-electron chi connectivity index (χ4n) is 1.93. The number of nitrogens with zero attached hydrogens (tertiary/aromatic N) is 3. The number of rotatable bonds is 4. The lowest BCUT2D eigenvalue weighted by Gasteiger charge is -2.02. The lowest BCUT2D eigenvalue weighted by molar-refractivity contribution is 0.0698. The summed E-state index contributed by atoms with van der Waals surface area (Å²) in [5, 5.41) is 10.1. The summed E-state index contributed by atoms with van der Waals surface area (Å²) in [6, 6.07) is 6.96. The molecule has 0 aliphatic heterocycles. The van der Waals surface area contributed by atoms with E-state index in [1.165, 1.54) is 11.3 Å². The first-order valence-electron chi connectivity index (χ1n) is 5.97. The van der Waals surface area contributed by atoms with E-state index in [0.717, 1.165) is 9.88 Å². The molecule has 0 aliphatic rings. The van der Waals surface area contributed by atoms with Gasteiger partial charge < -0.3 is 9.67 Å². The average Bonchev–Trinajstić information content (AvgIpc) is 3.11. The van der Waals surface area contributed by atoms with Gasteiger partial charge in [-0.05, 0) is 6.07 Å². The number of carbonyl (C=O) groups is 1. The maximum Gasteiger partial charge on any atom is 0.336 e. The van der Waals surface area contributed by atoms with E-state index in [4.69, 9.17) is 0 Å². The number of hydrogen-bond donors (Lipinski definition) is 1. The molecule has 2 aromatic heterocycles. The Balaban J connectivity index is 1.92. The highest BCUT2D eigenvalue weighted by molar-refractivity contribution is 7.15.